The number of ketones is 1. The van der Waals surface area contributed by atoms with Crippen LogP contribution < -0.4 is 9.75 Å². The van der Waals surface area contributed by atoms with E-state index in [9.17, 15) is 9.90 Å². The summed E-state index contributed by atoms with van der Waals surface area (Å²) in [5.74, 6) is 0.547. The van der Waals surface area contributed by atoms with Crippen LogP contribution in [0, 0.1) is 31.9 Å². The second-order valence-electron chi connectivity index (χ2n) is 14.0. The van der Waals surface area contributed by atoms with Gasteiger partial charge in [0.25, 0.3) is 0 Å². The minimum absolute atomic E-state index is 0. The number of rotatable bonds is 9. The molecule has 0 saturated heterocycles. The molecule has 0 saturated carbocycles. The van der Waals surface area contributed by atoms with Crippen LogP contribution in [0.1, 0.15) is 58.9 Å². The molecule has 0 fully saturated rings. The summed E-state index contributed by atoms with van der Waals surface area (Å²) in [6, 6.07) is 29.5. The molecule has 6 aromatic rings. The van der Waals surface area contributed by atoms with Crippen molar-refractivity contribution >= 4 is 62.7 Å². The molecular formula is C43H50IrNO3Si-. The quantitative estimate of drug-likeness (QED) is 0.0394. The van der Waals surface area contributed by atoms with Crippen molar-refractivity contribution in [2.45, 2.75) is 79.9 Å². The smallest absolute Gasteiger partial charge is 0.162 e. The average molecular weight is 849 g/mol. The van der Waals surface area contributed by atoms with E-state index in [2.05, 4.69) is 105 Å². The maximum absolute atomic E-state index is 11.7. The number of carbonyl (C=O) groups excluding carboxylic acids is 1. The number of benzene rings is 4. The van der Waals surface area contributed by atoms with Crippen LogP contribution in [0.5, 0.6) is 0 Å². The van der Waals surface area contributed by atoms with Gasteiger partial charge in [0.15, 0.2) is 5.78 Å². The van der Waals surface area contributed by atoms with Crippen molar-refractivity contribution < 1.29 is 39.0 Å². The minimum Gasteiger partial charge on any atom is -0.512 e. The molecule has 1 N–H and O–H groups in total. The van der Waals surface area contributed by atoms with E-state index in [-0.39, 0.29) is 43.5 Å². The van der Waals surface area contributed by atoms with E-state index in [1.165, 1.54) is 27.4 Å². The predicted octanol–water partition coefficient (Wildman–Crippen LogP) is 11.0. The van der Waals surface area contributed by atoms with E-state index in [0.29, 0.717) is 0 Å². The van der Waals surface area contributed by atoms with Crippen LogP contribution >= 0.6 is 0 Å². The molecule has 0 bridgehead atoms. The number of aliphatic hydroxyl groups is 1. The Balaban J connectivity index is 0.000000290. The van der Waals surface area contributed by atoms with Crippen molar-refractivity contribution in [3.05, 3.63) is 103 Å². The molecule has 0 aliphatic rings. The molecule has 6 heteroatoms. The van der Waals surface area contributed by atoms with E-state index < -0.39 is 8.07 Å². The number of para-hydroxylation sites is 1. The van der Waals surface area contributed by atoms with Crippen LogP contribution in [-0.4, -0.2) is 19.0 Å². The zero-order chi connectivity index (χ0) is 34.7. The molecule has 2 aromatic heterocycles. The Morgan fingerprint density at radius 3 is 2.12 bits per heavy atom. The monoisotopic (exact) mass is 849 g/mol. The van der Waals surface area contributed by atoms with Gasteiger partial charge in [0, 0.05) is 50.5 Å². The van der Waals surface area contributed by atoms with Crippen molar-refractivity contribution in [3.63, 3.8) is 0 Å². The Labute approximate surface area is 306 Å². The number of fused-ring (bicyclic) bond motifs is 6. The molecule has 2 heterocycles. The molecule has 0 unspecified atom stereocenters. The van der Waals surface area contributed by atoms with Crippen LogP contribution in [0.4, 0.5) is 0 Å². The van der Waals surface area contributed by atoms with E-state index in [1.807, 2.05) is 39.8 Å². The average Bonchev–Trinajstić information content (AvgIpc) is 3.44. The topological polar surface area (TPSA) is 54.3 Å². The second-order valence-corrected chi connectivity index (χ2v) is 19.0. The molecule has 4 nitrogen and oxygen atoms in total. The summed E-state index contributed by atoms with van der Waals surface area (Å²) in [6.45, 7) is 17.4. The van der Waals surface area contributed by atoms with E-state index in [0.717, 1.165) is 70.0 Å². The van der Waals surface area contributed by atoms with E-state index >= 15 is 0 Å². The molecule has 259 valence electrons. The fraction of sp³-hybridized carbons (Fsp3) is 0.326. The van der Waals surface area contributed by atoms with Gasteiger partial charge in [-0.05, 0) is 65.6 Å². The maximum Gasteiger partial charge on any atom is 0.162 e. The second kappa shape index (κ2) is 15.9. The molecule has 1 radical (unpaired) electrons. The number of carbonyl (C=O) groups is 1. The number of aliphatic hydroxyl groups excluding tert-OH is 1. The molecule has 0 spiro atoms. The van der Waals surface area contributed by atoms with Crippen LogP contribution in [0.25, 0.3) is 54.9 Å². The molecule has 0 atom stereocenters. The number of hydrogen-bond acceptors (Lipinski definition) is 3. The van der Waals surface area contributed by atoms with Crippen LogP contribution in [0.3, 0.4) is 0 Å². The Kier molecular flexibility index (Phi) is 12.4. The minimum atomic E-state index is -1.70. The summed E-state index contributed by atoms with van der Waals surface area (Å²) in [4.78, 5) is 11.7. The Morgan fingerprint density at radius 2 is 1.49 bits per heavy atom. The zero-order valence-electron chi connectivity index (χ0n) is 30.2. The Bertz CT molecular complexity index is 2130. The number of aryl methyl sites for hydroxylation is 1. The van der Waals surface area contributed by atoms with Gasteiger partial charge in [-0.1, -0.05) is 113 Å². The summed E-state index contributed by atoms with van der Waals surface area (Å²) in [5.41, 5.74) is 6.04. The normalized spacial score (nSPS) is 12.2. The SMILES string of the molecule is CCC(CC)C(=O)/C=C(\O)C(CC)CC.[CH2-][n+]1c(-c2[c-]c(C)cc3c2oc2ccccc23)cc([Si](C)(C)C)c2c3ccccc3ccc21.[Ir]. The van der Waals surface area contributed by atoms with Gasteiger partial charge in [-0.25, -0.2) is 0 Å². The van der Waals surface area contributed by atoms with Gasteiger partial charge in [-0.3, -0.25) is 4.79 Å². The first kappa shape index (κ1) is 38.1. The van der Waals surface area contributed by atoms with Crippen molar-refractivity contribution in [2.75, 3.05) is 0 Å². The third-order valence-electron chi connectivity index (χ3n) is 9.73. The van der Waals surface area contributed by atoms with Crippen molar-refractivity contribution in [1.29, 1.82) is 0 Å². The molecule has 0 amide bonds. The van der Waals surface area contributed by atoms with Crippen molar-refractivity contribution in [3.8, 4) is 11.3 Å². The fourth-order valence-corrected chi connectivity index (χ4v) is 8.43. The summed E-state index contributed by atoms with van der Waals surface area (Å²) in [6.07, 6.45) is 4.91. The van der Waals surface area contributed by atoms with Gasteiger partial charge in [-0.15, -0.1) is 17.7 Å². The van der Waals surface area contributed by atoms with E-state index in [4.69, 9.17) is 4.42 Å². The van der Waals surface area contributed by atoms with Gasteiger partial charge in [0.05, 0.1) is 19.4 Å². The first-order valence-electron chi connectivity index (χ1n) is 17.4. The molecule has 0 aliphatic carbocycles. The maximum atomic E-state index is 11.7. The van der Waals surface area contributed by atoms with Crippen LogP contribution in [-0.2, 0) is 24.9 Å². The van der Waals surface area contributed by atoms with Gasteiger partial charge in [0.1, 0.15) is 16.8 Å². The van der Waals surface area contributed by atoms with Crippen molar-refractivity contribution in [1.82, 2.24) is 0 Å². The molecule has 4 aromatic carbocycles. The third-order valence-corrected chi connectivity index (χ3v) is 11.7. The number of hydrogen-bond donors (Lipinski definition) is 1. The fourth-order valence-electron chi connectivity index (χ4n) is 6.84. The molecule has 0 aliphatic heterocycles. The van der Waals surface area contributed by atoms with Crippen LogP contribution in [0.2, 0.25) is 19.6 Å². The number of allylic oxidation sites excluding steroid dienone is 2. The summed E-state index contributed by atoms with van der Waals surface area (Å²) >= 11 is 0. The predicted molar refractivity (Wildman–Crippen MR) is 206 cm³/mol. The third kappa shape index (κ3) is 7.72. The van der Waals surface area contributed by atoms with Gasteiger partial charge >= 0.3 is 0 Å². The summed E-state index contributed by atoms with van der Waals surface area (Å²) < 4.78 is 8.47. The molecule has 6 rings (SSSR count). The summed E-state index contributed by atoms with van der Waals surface area (Å²) in [7, 11) is 2.82. The standard InChI is InChI=1S/C30H26NOSi.C13H24O2.Ir/c1-19-16-23-22-12-8-9-13-27(22)32-30(23)24(17-19)26-18-28(33(3,4)5)29-21-11-7-6-10-20(21)14-15-25(29)31(26)2;1-5-10(6-2)12(14)9-13(15)11(7-3)8-4;/h6-16,18H,2H2,1,3-5H3;9-11,14H,5-8H2,1-4H3;/q-1;;/b;12-9-;. The first-order chi connectivity index (χ1) is 22.9. The number of aromatic nitrogens is 1. The first-order valence-corrected chi connectivity index (χ1v) is 20.9. The summed E-state index contributed by atoms with van der Waals surface area (Å²) in [5, 5.41) is 17.3. The Hall–Kier alpha value is -3.70. The number of pyridine rings is 1. The van der Waals surface area contributed by atoms with E-state index in [1.54, 1.807) is 0 Å². The number of nitrogens with zero attached hydrogens (tertiary/aromatic N) is 1. The van der Waals surface area contributed by atoms with Gasteiger partial charge in [-0.2, -0.15) is 0 Å². The van der Waals surface area contributed by atoms with Gasteiger partial charge < -0.3 is 14.1 Å². The number of furan rings is 1. The Morgan fingerprint density at radius 1 is 0.878 bits per heavy atom. The molecule has 49 heavy (non-hydrogen) atoms. The van der Waals surface area contributed by atoms with Crippen molar-refractivity contribution in [2.24, 2.45) is 11.8 Å². The van der Waals surface area contributed by atoms with Gasteiger partial charge in [0.2, 0.25) is 0 Å². The van der Waals surface area contributed by atoms with Crippen LogP contribution in [0.15, 0.2) is 89.0 Å². The molecular weight excluding hydrogens is 799 g/mol. The zero-order valence-corrected chi connectivity index (χ0v) is 33.6. The largest absolute Gasteiger partial charge is 0.512 e.